The number of hydrogen-bond acceptors (Lipinski definition) is 3. The molecule has 1 N–H and O–H groups in total. The van der Waals surface area contributed by atoms with Gasteiger partial charge in [0.05, 0.1) is 28.4 Å². The highest BCUT2D eigenvalue weighted by atomic mass is 28.3. The summed E-state index contributed by atoms with van der Waals surface area (Å²) in [6.45, 7) is 16.6. The highest BCUT2D eigenvalue weighted by molar-refractivity contribution is 6.91. The molecule has 0 atom stereocenters. The van der Waals surface area contributed by atoms with Crippen LogP contribution in [0.4, 0.5) is 14.5 Å². The molecular weight excluding hydrogens is 456 g/mol. The Morgan fingerprint density at radius 2 is 1.45 bits per heavy atom. The molecular formula is C25H33F2NO3Si2. The van der Waals surface area contributed by atoms with Crippen molar-refractivity contribution in [2.45, 2.75) is 53.1 Å². The van der Waals surface area contributed by atoms with E-state index in [9.17, 15) is 18.4 Å². The Labute approximate surface area is 197 Å². The Kier molecular flexibility index (Phi) is 8.19. The van der Waals surface area contributed by atoms with Crippen LogP contribution in [-0.2, 0) is 9.53 Å². The summed E-state index contributed by atoms with van der Waals surface area (Å²) in [6, 6.07) is 7.83. The molecule has 0 aliphatic carbocycles. The fourth-order valence-electron chi connectivity index (χ4n) is 3.20. The van der Waals surface area contributed by atoms with Crippen molar-refractivity contribution in [2.24, 2.45) is 0 Å². The Balaban J connectivity index is 2.41. The predicted octanol–water partition coefficient (Wildman–Crippen LogP) is 5.27. The number of esters is 1. The van der Waals surface area contributed by atoms with Crippen molar-refractivity contribution < 1.29 is 23.1 Å². The topological polar surface area (TPSA) is 55.4 Å². The number of nitrogens with one attached hydrogen (secondary N) is 1. The molecule has 0 saturated carbocycles. The second kappa shape index (κ2) is 10.1. The van der Waals surface area contributed by atoms with Gasteiger partial charge in [-0.05, 0) is 25.5 Å². The minimum absolute atomic E-state index is 0.0692. The summed E-state index contributed by atoms with van der Waals surface area (Å²) < 4.78 is 34.3. The first kappa shape index (κ1) is 26.7. The maximum absolute atomic E-state index is 14.8. The molecule has 0 aliphatic heterocycles. The molecule has 0 fully saturated rings. The van der Waals surface area contributed by atoms with Gasteiger partial charge in [0.1, 0.15) is 11.6 Å². The van der Waals surface area contributed by atoms with Crippen LogP contribution in [0.5, 0.6) is 0 Å². The first-order valence-electron chi connectivity index (χ1n) is 11.0. The van der Waals surface area contributed by atoms with E-state index in [0.717, 1.165) is 28.6 Å². The third kappa shape index (κ3) is 6.95. The van der Waals surface area contributed by atoms with E-state index in [-0.39, 0.29) is 23.4 Å². The van der Waals surface area contributed by atoms with Gasteiger partial charge in [0.2, 0.25) is 0 Å². The molecule has 2 aromatic rings. The van der Waals surface area contributed by atoms with Gasteiger partial charge >= 0.3 is 5.97 Å². The molecule has 178 valence electrons. The summed E-state index contributed by atoms with van der Waals surface area (Å²) in [5.74, 6) is -2.65. The molecule has 0 bridgehead atoms. The van der Waals surface area contributed by atoms with Gasteiger partial charge in [-0.15, -0.1) is 0 Å². The van der Waals surface area contributed by atoms with Crippen molar-refractivity contribution in [2.75, 3.05) is 11.9 Å². The monoisotopic (exact) mass is 489 g/mol. The highest BCUT2D eigenvalue weighted by Crippen LogP contribution is 2.25. The molecule has 1 amide bonds. The van der Waals surface area contributed by atoms with Gasteiger partial charge in [-0.25, -0.2) is 13.6 Å². The van der Waals surface area contributed by atoms with Crippen LogP contribution >= 0.6 is 0 Å². The van der Waals surface area contributed by atoms with Crippen molar-refractivity contribution in [3.05, 3.63) is 59.2 Å². The van der Waals surface area contributed by atoms with E-state index in [4.69, 9.17) is 4.74 Å². The van der Waals surface area contributed by atoms with Gasteiger partial charge in [0, 0.05) is 23.3 Å². The summed E-state index contributed by atoms with van der Waals surface area (Å²) in [5.41, 5.74) is 0.346. The van der Waals surface area contributed by atoms with Crippen molar-refractivity contribution in [1.82, 2.24) is 0 Å². The van der Waals surface area contributed by atoms with Crippen molar-refractivity contribution in [1.29, 1.82) is 0 Å². The Hall–Kier alpha value is -2.59. The van der Waals surface area contributed by atoms with Crippen LogP contribution in [-0.4, -0.2) is 34.6 Å². The lowest BCUT2D eigenvalue weighted by Crippen LogP contribution is -2.46. The maximum atomic E-state index is 14.8. The predicted molar refractivity (Wildman–Crippen MR) is 137 cm³/mol. The molecule has 0 spiro atoms. The number of carbonyl (C=O) groups is 2. The molecule has 0 unspecified atom stereocenters. The average molecular weight is 490 g/mol. The molecule has 0 aromatic heterocycles. The number of anilines is 1. The standard InChI is InChI=1S/C25H33F2NO3Si2/c1-9-31-24(29)10-16(2)20-14-22(27)23(15-21(20)26)28-25(30)17-11-18(32(3,4)5)13-19(12-17)33(6,7)8/h10-15H,9H2,1-8H3,(H,28,30)/b16-10+. The molecule has 0 heterocycles. The zero-order valence-electron chi connectivity index (χ0n) is 20.7. The molecule has 2 aromatic carbocycles. The minimum atomic E-state index is -1.71. The van der Waals surface area contributed by atoms with E-state index >= 15 is 0 Å². The highest BCUT2D eigenvalue weighted by Gasteiger charge is 2.25. The van der Waals surface area contributed by atoms with Crippen LogP contribution in [0.2, 0.25) is 39.3 Å². The molecule has 0 radical (unpaired) electrons. The smallest absolute Gasteiger partial charge is 0.331 e. The zero-order valence-corrected chi connectivity index (χ0v) is 22.7. The van der Waals surface area contributed by atoms with Gasteiger partial charge in [-0.3, -0.25) is 4.79 Å². The molecule has 33 heavy (non-hydrogen) atoms. The Morgan fingerprint density at radius 3 is 1.94 bits per heavy atom. The first-order chi connectivity index (χ1) is 15.1. The van der Waals surface area contributed by atoms with Crippen molar-refractivity contribution in [3.8, 4) is 0 Å². The Morgan fingerprint density at radius 1 is 0.909 bits per heavy atom. The van der Waals surface area contributed by atoms with E-state index in [2.05, 4.69) is 50.7 Å². The number of benzene rings is 2. The van der Waals surface area contributed by atoms with E-state index in [1.54, 1.807) is 6.92 Å². The molecule has 0 saturated heterocycles. The van der Waals surface area contributed by atoms with E-state index in [0.29, 0.717) is 5.56 Å². The largest absolute Gasteiger partial charge is 0.463 e. The normalized spacial score (nSPS) is 12.5. The SMILES string of the molecule is CCOC(=O)/C=C(\C)c1cc(F)c(NC(=O)c2cc([Si](C)(C)C)cc([Si](C)(C)C)c2)cc1F. The number of rotatable bonds is 7. The number of carbonyl (C=O) groups excluding carboxylic acids is 2. The van der Waals surface area contributed by atoms with Crippen molar-refractivity contribution in [3.63, 3.8) is 0 Å². The van der Waals surface area contributed by atoms with Gasteiger partial charge in [-0.1, -0.05) is 67.9 Å². The van der Waals surface area contributed by atoms with Gasteiger partial charge in [0.15, 0.2) is 0 Å². The van der Waals surface area contributed by atoms with Crippen LogP contribution in [0.1, 0.15) is 29.8 Å². The number of allylic oxidation sites excluding steroid dienone is 1. The quantitative estimate of drug-likeness (QED) is 0.327. The molecule has 4 nitrogen and oxygen atoms in total. The number of hydrogen-bond donors (Lipinski definition) is 1. The average Bonchev–Trinajstić information content (AvgIpc) is 2.68. The summed E-state index contributed by atoms with van der Waals surface area (Å²) in [5, 5.41) is 4.81. The van der Waals surface area contributed by atoms with Gasteiger partial charge in [-0.2, -0.15) is 0 Å². The molecule has 2 rings (SSSR count). The number of amides is 1. The van der Waals surface area contributed by atoms with Crippen LogP contribution in [0.25, 0.3) is 5.57 Å². The van der Waals surface area contributed by atoms with Crippen LogP contribution < -0.4 is 15.7 Å². The lowest BCUT2D eigenvalue weighted by molar-refractivity contribution is -0.137. The fourth-order valence-corrected chi connectivity index (χ4v) is 5.70. The van der Waals surface area contributed by atoms with Crippen molar-refractivity contribution >= 4 is 49.7 Å². The lowest BCUT2D eigenvalue weighted by Gasteiger charge is -2.24. The van der Waals surface area contributed by atoms with E-state index < -0.39 is 39.7 Å². The van der Waals surface area contributed by atoms with Crippen LogP contribution in [0.15, 0.2) is 36.4 Å². The maximum Gasteiger partial charge on any atom is 0.331 e. The fraction of sp³-hybridized carbons (Fsp3) is 0.360. The second-order valence-corrected chi connectivity index (χ2v) is 20.3. The van der Waals surface area contributed by atoms with Crippen LogP contribution in [0.3, 0.4) is 0 Å². The van der Waals surface area contributed by atoms with Gasteiger partial charge < -0.3 is 10.1 Å². The summed E-state index contributed by atoms with van der Waals surface area (Å²) in [6.07, 6.45) is 1.11. The van der Waals surface area contributed by atoms with E-state index in [1.807, 2.05) is 12.1 Å². The summed E-state index contributed by atoms with van der Waals surface area (Å²) in [4.78, 5) is 24.7. The number of halogens is 2. The minimum Gasteiger partial charge on any atom is -0.463 e. The zero-order chi connectivity index (χ0) is 25.1. The Bertz CT molecular complexity index is 1070. The molecule has 0 aliphatic rings. The molecule has 8 heteroatoms. The third-order valence-electron chi connectivity index (χ3n) is 5.28. The lowest BCUT2D eigenvalue weighted by atomic mass is 10.1. The summed E-state index contributed by atoms with van der Waals surface area (Å²) >= 11 is 0. The van der Waals surface area contributed by atoms with Gasteiger partial charge in [0.25, 0.3) is 5.91 Å². The first-order valence-corrected chi connectivity index (χ1v) is 18.0. The van der Waals surface area contributed by atoms with E-state index in [1.165, 1.54) is 6.92 Å². The number of ether oxygens (including phenoxy) is 1. The summed E-state index contributed by atoms with van der Waals surface area (Å²) in [7, 11) is -3.42. The third-order valence-corrected chi connectivity index (χ3v) is 9.32. The van der Waals surface area contributed by atoms with Crippen LogP contribution in [0, 0.1) is 11.6 Å². The second-order valence-electron chi connectivity index (χ2n) is 10.1.